The largest absolute Gasteiger partial charge is 0.508 e. The summed E-state index contributed by atoms with van der Waals surface area (Å²) in [5.74, 6) is -2.12. The number of fused-ring (bicyclic) bond motifs is 1. The molecule has 3 rings (SSSR count). The highest BCUT2D eigenvalue weighted by Crippen LogP contribution is 2.38. The number of carbonyl (C=O) groups is 2. The van der Waals surface area contributed by atoms with Crippen LogP contribution in [0.4, 0.5) is 0 Å². The molecule has 0 spiro atoms. The second-order valence-electron chi connectivity index (χ2n) is 7.10. The lowest BCUT2D eigenvalue weighted by molar-refractivity contribution is -0.151. The zero-order valence-corrected chi connectivity index (χ0v) is 15.8. The molecule has 0 unspecified atom stereocenters. The van der Waals surface area contributed by atoms with E-state index in [-0.39, 0.29) is 17.9 Å². The number of aliphatic hydroxyl groups is 1. The van der Waals surface area contributed by atoms with Gasteiger partial charge < -0.3 is 24.8 Å². The number of aryl methyl sites for hydroxylation is 1. The van der Waals surface area contributed by atoms with Crippen molar-refractivity contribution in [3.8, 4) is 11.5 Å². The number of ether oxygens (including phenoxy) is 2. The molecule has 2 aliphatic rings. The number of esters is 1. The molecule has 0 saturated carbocycles. The third-order valence-electron chi connectivity index (χ3n) is 4.95. The summed E-state index contributed by atoms with van der Waals surface area (Å²) in [6.45, 7) is 4.76. The zero-order valence-electron chi connectivity index (χ0n) is 15.8. The Bertz CT molecular complexity index is 898. The Balaban J connectivity index is 1.96. The summed E-state index contributed by atoms with van der Waals surface area (Å²) in [5, 5.41) is 30.3. The Labute approximate surface area is 162 Å². The Morgan fingerprint density at radius 1 is 1.32 bits per heavy atom. The van der Waals surface area contributed by atoms with Crippen molar-refractivity contribution in [3.63, 3.8) is 0 Å². The quantitative estimate of drug-likeness (QED) is 0.683. The zero-order chi connectivity index (χ0) is 20.6. The standard InChI is InChI=1S/C21H22O7/c1-4-5-14-7-12-8-17(24)21(3,26)19(15(12)10-27-14)28-20(25)18-11(2)6-13(22)9-16(18)23/h4-9,15,19,22-23,26H,10H2,1-3H3/t15-,19+,21+/m1/s1. The van der Waals surface area contributed by atoms with E-state index in [1.807, 2.05) is 6.92 Å². The minimum atomic E-state index is -1.94. The van der Waals surface area contributed by atoms with Crippen LogP contribution in [0.1, 0.15) is 29.8 Å². The van der Waals surface area contributed by atoms with Gasteiger partial charge in [0.2, 0.25) is 0 Å². The van der Waals surface area contributed by atoms with Crippen LogP contribution in [0.3, 0.4) is 0 Å². The number of rotatable bonds is 3. The number of allylic oxidation sites excluding steroid dienone is 3. The number of hydrogen-bond donors (Lipinski definition) is 3. The van der Waals surface area contributed by atoms with Gasteiger partial charge in [-0.15, -0.1) is 0 Å². The van der Waals surface area contributed by atoms with E-state index in [1.165, 1.54) is 26.0 Å². The van der Waals surface area contributed by atoms with Crippen molar-refractivity contribution in [2.24, 2.45) is 5.92 Å². The molecule has 0 saturated heterocycles. The van der Waals surface area contributed by atoms with E-state index in [0.29, 0.717) is 16.9 Å². The van der Waals surface area contributed by atoms with Gasteiger partial charge in [-0.25, -0.2) is 4.79 Å². The average Bonchev–Trinajstić information content (AvgIpc) is 2.58. The smallest absolute Gasteiger partial charge is 0.342 e. The van der Waals surface area contributed by atoms with Crippen LogP contribution in [-0.2, 0) is 14.3 Å². The molecular formula is C21H22O7. The first-order valence-corrected chi connectivity index (χ1v) is 8.84. The monoisotopic (exact) mass is 386 g/mol. The van der Waals surface area contributed by atoms with E-state index < -0.39 is 35.1 Å². The summed E-state index contributed by atoms with van der Waals surface area (Å²) in [4.78, 5) is 25.2. The normalized spacial score (nSPS) is 26.9. The van der Waals surface area contributed by atoms with E-state index in [2.05, 4.69) is 0 Å². The minimum absolute atomic E-state index is 0.115. The van der Waals surface area contributed by atoms with E-state index in [9.17, 15) is 24.9 Å². The molecule has 0 aromatic heterocycles. The Kier molecular flexibility index (Phi) is 5.04. The predicted octanol–water partition coefficient (Wildman–Crippen LogP) is 2.30. The Morgan fingerprint density at radius 3 is 2.68 bits per heavy atom. The molecule has 148 valence electrons. The first kappa shape index (κ1) is 19.7. The second kappa shape index (κ2) is 7.16. The summed E-state index contributed by atoms with van der Waals surface area (Å²) >= 11 is 0. The van der Waals surface area contributed by atoms with Crippen molar-refractivity contribution in [2.45, 2.75) is 32.5 Å². The molecule has 1 aromatic rings. The van der Waals surface area contributed by atoms with Crippen LogP contribution in [0.5, 0.6) is 11.5 Å². The maximum Gasteiger partial charge on any atom is 0.342 e. The highest BCUT2D eigenvalue weighted by Gasteiger charge is 2.51. The molecule has 3 atom stereocenters. The van der Waals surface area contributed by atoms with Gasteiger partial charge >= 0.3 is 5.97 Å². The molecule has 1 aliphatic heterocycles. The Hall–Kier alpha value is -3.06. The lowest BCUT2D eigenvalue weighted by Crippen LogP contribution is -2.56. The van der Waals surface area contributed by atoms with Gasteiger partial charge in [0.1, 0.15) is 28.9 Å². The van der Waals surface area contributed by atoms with Gasteiger partial charge in [-0.3, -0.25) is 4.79 Å². The third-order valence-corrected chi connectivity index (χ3v) is 4.95. The highest BCUT2D eigenvalue weighted by molar-refractivity contribution is 6.00. The molecule has 1 heterocycles. The molecule has 3 N–H and O–H groups in total. The van der Waals surface area contributed by atoms with Crippen molar-refractivity contribution < 1.29 is 34.4 Å². The van der Waals surface area contributed by atoms with Gasteiger partial charge in [-0.2, -0.15) is 0 Å². The first-order valence-electron chi connectivity index (χ1n) is 8.84. The number of phenols is 2. The molecule has 0 fully saturated rings. The van der Waals surface area contributed by atoms with Crippen LogP contribution < -0.4 is 0 Å². The number of hydrogen-bond acceptors (Lipinski definition) is 7. The SMILES string of the molecule is CC=CC1=CC2=CC(=O)[C@](C)(O)[C@@H](OC(=O)c3c(C)cc(O)cc3O)[C@@H]2CO1. The van der Waals surface area contributed by atoms with Crippen molar-refractivity contribution >= 4 is 11.8 Å². The van der Waals surface area contributed by atoms with Crippen LogP contribution in [0.25, 0.3) is 0 Å². The second-order valence-corrected chi connectivity index (χ2v) is 7.10. The summed E-state index contributed by atoms with van der Waals surface area (Å²) in [6.07, 6.45) is 5.34. The molecule has 7 heteroatoms. The van der Waals surface area contributed by atoms with Gasteiger partial charge in [-0.05, 0) is 56.2 Å². The Morgan fingerprint density at radius 2 is 2.04 bits per heavy atom. The fraction of sp³-hybridized carbons (Fsp3) is 0.333. The van der Waals surface area contributed by atoms with E-state index in [1.54, 1.807) is 18.2 Å². The van der Waals surface area contributed by atoms with E-state index in [4.69, 9.17) is 9.47 Å². The van der Waals surface area contributed by atoms with Gasteiger partial charge in [0.15, 0.2) is 11.4 Å². The van der Waals surface area contributed by atoms with Crippen molar-refractivity contribution in [3.05, 3.63) is 58.9 Å². The van der Waals surface area contributed by atoms with Crippen molar-refractivity contribution in [1.29, 1.82) is 0 Å². The van der Waals surface area contributed by atoms with Crippen molar-refractivity contribution in [2.75, 3.05) is 6.61 Å². The van der Waals surface area contributed by atoms with E-state index >= 15 is 0 Å². The summed E-state index contributed by atoms with van der Waals surface area (Å²) in [5.41, 5.74) is -1.19. The van der Waals surface area contributed by atoms with E-state index in [0.717, 1.165) is 6.07 Å². The average molecular weight is 386 g/mol. The van der Waals surface area contributed by atoms with Crippen LogP contribution in [0, 0.1) is 12.8 Å². The van der Waals surface area contributed by atoms with Crippen molar-refractivity contribution in [1.82, 2.24) is 0 Å². The predicted molar refractivity (Wildman–Crippen MR) is 99.8 cm³/mol. The summed E-state index contributed by atoms with van der Waals surface area (Å²) in [7, 11) is 0. The first-order chi connectivity index (χ1) is 13.1. The van der Waals surface area contributed by atoms with Gasteiger partial charge in [0.25, 0.3) is 0 Å². The lowest BCUT2D eigenvalue weighted by Gasteiger charge is -2.41. The molecule has 0 radical (unpaired) electrons. The number of carbonyl (C=O) groups excluding carboxylic acids is 2. The molecule has 1 aromatic carbocycles. The minimum Gasteiger partial charge on any atom is -0.508 e. The number of benzene rings is 1. The number of aromatic hydroxyl groups is 2. The topological polar surface area (TPSA) is 113 Å². The van der Waals surface area contributed by atoms with Gasteiger partial charge in [0, 0.05) is 6.07 Å². The molecule has 0 bridgehead atoms. The maximum absolute atomic E-state index is 12.7. The van der Waals surface area contributed by atoms with Gasteiger partial charge in [-0.1, -0.05) is 6.08 Å². The molecule has 0 amide bonds. The third kappa shape index (κ3) is 3.41. The number of phenolic OH excluding ortho intramolecular Hbond substituents is 2. The molecule has 1 aliphatic carbocycles. The van der Waals surface area contributed by atoms with Crippen LogP contribution >= 0.6 is 0 Å². The molecule has 28 heavy (non-hydrogen) atoms. The van der Waals surface area contributed by atoms with Crippen LogP contribution in [0.15, 0.2) is 47.8 Å². The van der Waals surface area contributed by atoms with Gasteiger partial charge in [0.05, 0.1) is 12.5 Å². The summed E-state index contributed by atoms with van der Waals surface area (Å²) < 4.78 is 11.1. The van der Waals surface area contributed by atoms with Crippen LogP contribution in [0.2, 0.25) is 0 Å². The summed E-state index contributed by atoms with van der Waals surface area (Å²) in [6, 6.07) is 2.33. The molecular weight excluding hydrogens is 364 g/mol. The highest BCUT2D eigenvalue weighted by atomic mass is 16.6. The number of ketones is 1. The fourth-order valence-electron chi connectivity index (χ4n) is 3.48. The molecule has 7 nitrogen and oxygen atoms in total. The lowest BCUT2D eigenvalue weighted by atomic mass is 9.75. The fourth-order valence-corrected chi connectivity index (χ4v) is 3.48. The maximum atomic E-state index is 12.7. The van der Waals surface area contributed by atoms with Crippen LogP contribution in [-0.4, -0.2) is 45.4 Å².